The van der Waals surface area contributed by atoms with Crippen molar-refractivity contribution >= 4 is 0 Å². The van der Waals surface area contributed by atoms with E-state index in [0.717, 1.165) is 37.4 Å². The van der Waals surface area contributed by atoms with Gasteiger partial charge in [-0.1, -0.05) is 20.3 Å². The second-order valence-electron chi connectivity index (χ2n) is 6.96. The molecule has 1 heterocycles. The number of fused-ring (bicyclic) bond motifs is 2. The summed E-state index contributed by atoms with van der Waals surface area (Å²) in [6.07, 6.45) is 7.86. The van der Waals surface area contributed by atoms with Crippen molar-refractivity contribution in [2.45, 2.75) is 52.6 Å². The summed E-state index contributed by atoms with van der Waals surface area (Å²) in [4.78, 5) is 0. The highest BCUT2D eigenvalue weighted by Crippen LogP contribution is 2.48. The van der Waals surface area contributed by atoms with Gasteiger partial charge in [0.05, 0.1) is 5.69 Å². The van der Waals surface area contributed by atoms with Crippen LogP contribution in [0.25, 0.3) is 0 Å². The van der Waals surface area contributed by atoms with Crippen molar-refractivity contribution in [3.05, 3.63) is 18.0 Å². The van der Waals surface area contributed by atoms with E-state index in [1.165, 1.54) is 31.4 Å². The predicted molar refractivity (Wildman–Crippen MR) is 77.7 cm³/mol. The number of nitrogens with one attached hydrogen (secondary N) is 1. The van der Waals surface area contributed by atoms with Crippen LogP contribution < -0.4 is 5.32 Å². The Labute approximate surface area is 116 Å². The number of hydrogen-bond acceptors (Lipinski definition) is 2. The molecule has 0 aliphatic heterocycles. The third-order valence-corrected chi connectivity index (χ3v) is 4.96. The summed E-state index contributed by atoms with van der Waals surface area (Å²) in [5.74, 6) is 3.63. The standard InChI is InChI=1S/C16H27N3/c1-12(2)9-17-10-16-5-6-18-19(16)11-15-8-13-3-4-14(15)7-13/h5-6,12-15,17H,3-4,7-11H2,1-2H3. The molecule has 1 aromatic rings. The van der Waals surface area contributed by atoms with Crippen LogP contribution >= 0.6 is 0 Å². The van der Waals surface area contributed by atoms with Gasteiger partial charge in [0.15, 0.2) is 0 Å². The molecule has 2 fully saturated rings. The maximum Gasteiger partial charge on any atom is 0.0522 e. The lowest BCUT2D eigenvalue weighted by Gasteiger charge is -2.22. The molecule has 3 unspecified atom stereocenters. The fourth-order valence-corrected chi connectivity index (χ4v) is 3.99. The highest BCUT2D eigenvalue weighted by Gasteiger charge is 2.39. The van der Waals surface area contributed by atoms with Gasteiger partial charge in [-0.3, -0.25) is 4.68 Å². The van der Waals surface area contributed by atoms with Crippen LogP contribution in [0.4, 0.5) is 0 Å². The number of hydrogen-bond donors (Lipinski definition) is 1. The Morgan fingerprint density at radius 2 is 2.26 bits per heavy atom. The number of nitrogens with zero attached hydrogens (tertiary/aromatic N) is 2. The van der Waals surface area contributed by atoms with E-state index in [-0.39, 0.29) is 0 Å². The Bertz CT molecular complexity index is 410. The van der Waals surface area contributed by atoms with E-state index in [2.05, 4.69) is 35.0 Å². The van der Waals surface area contributed by atoms with Crippen molar-refractivity contribution in [3.63, 3.8) is 0 Å². The molecule has 2 aliphatic carbocycles. The van der Waals surface area contributed by atoms with Crippen LogP contribution in [-0.2, 0) is 13.1 Å². The summed E-state index contributed by atoms with van der Waals surface area (Å²) >= 11 is 0. The molecule has 1 N–H and O–H groups in total. The Morgan fingerprint density at radius 1 is 1.37 bits per heavy atom. The van der Waals surface area contributed by atoms with Crippen molar-refractivity contribution in [1.82, 2.24) is 15.1 Å². The van der Waals surface area contributed by atoms with Crippen LogP contribution in [-0.4, -0.2) is 16.3 Å². The molecular weight excluding hydrogens is 234 g/mol. The molecule has 0 aromatic carbocycles. The van der Waals surface area contributed by atoms with E-state index in [1.54, 1.807) is 0 Å². The lowest BCUT2D eigenvalue weighted by Crippen LogP contribution is -2.24. The van der Waals surface area contributed by atoms with Crippen LogP contribution in [0.3, 0.4) is 0 Å². The van der Waals surface area contributed by atoms with E-state index in [1.807, 2.05) is 6.20 Å². The molecular formula is C16H27N3. The zero-order valence-electron chi connectivity index (χ0n) is 12.3. The van der Waals surface area contributed by atoms with Crippen molar-refractivity contribution in [3.8, 4) is 0 Å². The molecule has 0 radical (unpaired) electrons. The average Bonchev–Trinajstić information content (AvgIpc) is 3.06. The summed E-state index contributed by atoms with van der Waals surface area (Å²) < 4.78 is 2.25. The van der Waals surface area contributed by atoms with Gasteiger partial charge >= 0.3 is 0 Å². The van der Waals surface area contributed by atoms with Crippen molar-refractivity contribution in [2.24, 2.45) is 23.7 Å². The molecule has 19 heavy (non-hydrogen) atoms. The topological polar surface area (TPSA) is 29.9 Å². The monoisotopic (exact) mass is 261 g/mol. The molecule has 3 atom stereocenters. The van der Waals surface area contributed by atoms with Crippen LogP contribution in [0.2, 0.25) is 0 Å². The summed E-state index contributed by atoms with van der Waals surface area (Å²) in [5.41, 5.74) is 1.35. The fourth-order valence-electron chi connectivity index (χ4n) is 3.99. The summed E-state index contributed by atoms with van der Waals surface area (Å²) in [6, 6.07) is 2.17. The lowest BCUT2D eigenvalue weighted by molar-refractivity contribution is 0.281. The molecule has 0 amide bonds. The van der Waals surface area contributed by atoms with E-state index in [0.29, 0.717) is 5.92 Å². The van der Waals surface area contributed by atoms with Gasteiger partial charge in [0.1, 0.15) is 0 Å². The minimum atomic E-state index is 0.710. The summed E-state index contributed by atoms with van der Waals surface area (Å²) in [6.45, 7) is 7.68. The highest BCUT2D eigenvalue weighted by atomic mass is 15.3. The fraction of sp³-hybridized carbons (Fsp3) is 0.812. The van der Waals surface area contributed by atoms with Crippen LogP contribution in [0, 0.1) is 23.7 Å². The average molecular weight is 261 g/mol. The van der Waals surface area contributed by atoms with Crippen LogP contribution in [0.15, 0.2) is 12.3 Å². The van der Waals surface area contributed by atoms with Crippen molar-refractivity contribution in [1.29, 1.82) is 0 Å². The second kappa shape index (κ2) is 5.66. The Morgan fingerprint density at radius 3 is 2.95 bits per heavy atom. The van der Waals surface area contributed by atoms with Gasteiger partial charge in [-0.25, -0.2) is 0 Å². The zero-order valence-corrected chi connectivity index (χ0v) is 12.3. The first-order chi connectivity index (χ1) is 9.22. The van der Waals surface area contributed by atoms with Crippen LogP contribution in [0.5, 0.6) is 0 Å². The van der Waals surface area contributed by atoms with Gasteiger partial charge in [0, 0.05) is 19.3 Å². The van der Waals surface area contributed by atoms with E-state index >= 15 is 0 Å². The quantitative estimate of drug-likeness (QED) is 0.853. The van der Waals surface area contributed by atoms with Crippen molar-refractivity contribution < 1.29 is 0 Å². The first-order valence-corrected chi connectivity index (χ1v) is 7.93. The first kappa shape index (κ1) is 13.2. The minimum Gasteiger partial charge on any atom is -0.311 e. The normalized spacial score (nSPS) is 29.5. The maximum atomic E-state index is 4.54. The SMILES string of the molecule is CC(C)CNCc1ccnn1CC1CC2CCC1C2. The third-order valence-electron chi connectivity index (χ3n) is 4.96. The molecule has 0 spiro atoms. The zero-order chi connectivity index (χ0) is 13.2. The second-order valence-corrected chi connectivity index (χ2v) is 6.96. The molecule has 3 rings (SSSR count). The van der Waals surface area contributed by atoms with Gasteiger partial charge < -0.3 is 5.32 Å². The Kier molecular flexibility index (Phi) is 3.92. The van der Waals surface area contributed by atoms with Gasteiger partial charge in [-0.2, -0.15) is 5.10 Å². The third kappa shape index (κ3) is 3.02. The predicted octanol–water partition coefficient (Wildman–Crippen LogP) is 3.06. The van der Waals surface area contributed by atoms with Gasteiger partial charge in [0.25, 0.3) is 0 Å². The van der Waals surface area contributed by atoms with Crippen molar-refractivity contribution in [2.75, 3.05) is 6.54 Å². The number of aromatic nitrogens is 2. The first-order valence-electron chi connectivity index (χ1n) is 7.93. The van der Waals surface area contributed by atoms with E-state index in [4.69, 9.17) is 0 Å². The van der Waals surface area contributed by atoms with E-state index in [9.17, 15) is 0 Å². The summed E-state index contributed by atoms with van der Waals surface area (Å²) in [7, 11) is 0. The molecule has 106 valence electrons. The molecule has 0 saturated heterocycles. The Balaban J connectivity index is 1.55. The molecule has 3 nitrogen and oxygen atoms in total. The van der Waals surface area contributed by atoms with Gasteiger partial charge in [0.2, 0.25) is 0 Å². The molecule has 2 bridgehead atoms. The smallest absolute Gasteiger partial charge is 0.0522 e. The minimum absolute atomic E-state index is 0.710. The molecule has 2 saturated carbocycles. The van der Waals surface area contributed by atoms with Gasteiger partial charge in [-0.05, 0) is 55.5 Å². The highest BCUT2D eigenvalue weighted by molar-refractivity contribution is 5.01. The lowest BCUT2D eigenvalue weighted by atomic mass is 9.89. The molecule has 1 aromatic heterocycles. The molecule has 3 heteroatoms. The maximum absolute atomic E-state index is 4.54. The Hall–Kier alpha value is -0.830. The van der Waals surface area contributed by atoms with Gasteiger partial charge in [-0.15, -0.1) is 0 Å². The largest absolute Gasteiger partial charge is 0.311 e. The van der Waals surface area contributed by atoms with Crippen LogP contribution in [0.1, 0.15) is 45.2 Å². The van der Waals surface area contributed by atoms with E-state index < -0.39 is 0 Å². The number of rotatable bonds is 6. The molecule has 2 aliphatic rings. The summed E-state index contributed by atoms with van der Waals surface area (Å²) in [5, 5.41) is 8.06.